The van der Waals surface area contributed by atoms with Crippen molar-refractivity contribution in [1.29, 1.82) is 0 Å². The number of rotatable bonds is 3. The lowest BCUT2D eigenvalue weighted by atomic mass is 9.88. The Morgan fingerprint density at radius 2 is 1.54 bits per heavy atom. The number of carbonyl (C=O) groups excluding carboxylic acids is 2. The third kappa shape index (κ3) is 3.94. The highest BCUT2D eigenvalue weighted by atomic mass is 35.5. The maximum atomic E-state index is 12.7. The van der Waals surface area contributed by atoms with E-state index in [0.29, 0.717) is 47.1 Å². The summed E-state index contributed by atoms with van der Waals surface area (Å²) >= 11 is 11.9. The molecule has 0 atom stereocenters. The van der Waals surface area contributed by atoms with E-state index in [1.165, 1.54) is 5.56 Å². The second-order valence-corrected chi connectivity index (χ2v) is 7.67. The van der Waals surface area contributed by atoms with Crippen molar-refractivity contribution in [3.63, 3.8) is 0 Å². The number of halogens is 2. The summed E-state index contributed by atoms with van der Waals surface area (Å²) in [6.07, 6.45) is 1.32. The van der Waals surface area contributed by atoms with Gasteiger partial charge in [-0.2, -0.15) is 0 Å². The minimum Gasteiger partial charge on any atom is -0.339 e. The Kier molecular flexibility index (Phi) is 5.69. The van der Waals surface area contributed by atoms with E-state index < -0.39 is 0 Å². The van der Waals surface area contributed by atoms with E-state index in [4.69, 9.17) is 23.2 Å². The van der Waals surface area contributed by atoms with Gasteiger partial charge in [0.05, 0.1) is 10.0 Å². The molecule has 136 valence electrons. The van der Waals surface area contributed by atoms with E-state index in [1.807, 2.05) is 36.9 Å². The number of amides is 1. The Balaban J connectivity index is 1.64. The van der Waals surface area contributed by atoms with E-state index >= 15 is 0 Å². The molecular weight excluding hydrogens is 369 g/mol. The van der Waals surface area contributed by atoms with Crippen molar-refractivity contribution in [1.82, 2.24) is 4.90 Å². The van der Waals surface area contributed by atoms with Crippen LogP contribution in [0.4, 0.5) is 0 Å². The summed E-state index contributed by atoms with van der Waals surface area (Å²) in [6.45, 7) is 5.21. The molecule has 26 heavy (non-hydrogen) atoms. The molecule has 2 aromatic rings. The van der Waals surface area contributed by atoms with Gasteiger partial charge in [0.1, 0.15) is 0 Å². The molecule has 0 N–H and O–H groups in total. The third-order valence-electron chi connectivity index (χ3n) is 5.11. The first-order chi connectivity index (χ1) is 12.4. The molecule has 1 saturated heterocycles. The molecule has 0 spiro atoms. The topological polar surface area (TPSA) is 37.4 Å². The van der Waals surface area contributed by atoms with E-state index in [-0.39, 0.29) is 17.6 Å². The van der Waals surface area contributed by atoms with Crippen LogP contribution in [0, 0.1) is 19.8 Å². The van der Waals surface area contributed by atoms with Crippen molar-refractivity contribution < 1.29 is 9.59 Å². The maximum absolute atomic E-state index is 12.7. The first-order valence-electron chi connectivity index (χ1n) is 8.72. The van der Waals surface area contributed by atoms with Crippen LogP contribution in [0.25, 0.3) is 0 Å². The minimum atomic E-state index is -0.0870. The van der Waals surface area contributed by atoms with Gasteiger partial charge in [-0.05, 0) is 68.1 Å². The van der Waals surface area contributed by atoms with Crippen molar-refractivity contribution >= 4 is 34.9 Å². The number of likely N-dealkylation sites (tertiary alicyclic amines) is 1. The molecule has 3 rings (SSSR count). The Hall–Kier alpha value is -1.84. The molecule has 5 heteroatoms. The van der Waals surface area contributed by atoms with Crippen LogP contribution < -0.4 is 0 Å². The van der Waals surface area contributed by atoms with Crippen LogP contribution in [0.5, 0.6) is 0 Å². The van der Waals surface area contributed by atoms with Crippen molar-refractivity contribution in [2.45, 2.75) is 26.7 Å². The highest BCUT2D eigenvalue weighted by Crippen LogP contribution is 2.27. The largest absolute Gasteiger partial charge is 0.339 e. The summed E-state index contributed by atoms with van der Waals surface area (Å²) in [7, 11) is 0. The Morgan fingerprint density at radius 1 is 0.885 bits per heavy atom. The van der Waals surface area contributed by atoms with Crippen LogP contribution in [-0.2, 0) is 0 Å². The predicted molar refractivity (Wildman–Crippen MR) is 105 cm³/mol. The van der Waals surface area contributed by atoms with E-state index in [2.05, 4.69) is 0 Å². The fourth-order valence-electron chi connectivity index (χ4n) is 3.29. The molecule has 1 aliphatic heterocycles. The average Bonchev–Trinajstić information content (AvgIpc) is 2.65. The summed E-state index contributed by atoms with van der Waals surface area (Å²) in [5.74, 6) is 0.0198. The molecule has 0 bridgehead atoms. The zero-order valence-electron chi connectivity index (χ0n) is 14.9. The van der Waals surface area contributed by atoms with Gasteiger partial charge in [0.25, 0.3) is 5.91 Å². The molecule has 0 unspecified atom stereocenters. The maximum Gasteiger partial charge on any atom is 0.253 e. The van der Waals surface area contributed by atoms with Gasteiger partial charge in [0.15, 0.2) is 5.78 Å². The summed E-state index contributed by atoms with van der Waals surface area (Å²) in [6, 6.07) is 10.8. The number of hydrogen-bond acceptors (Lipinski definition) is 2. The van der Waals surface area contributed by atoms with Crippen molar-refractivity contribution in [3.8, 4) is 0 Å². The number of ketones is 1. The summed E-state index contributed by atoms with van der Waals surface area (Å²) in [5, 5.41) is 0.830. The van der Waals surface area contributed by atoms with Crippen molar-refractivity contribution in [2.24, 2.45) is 5.92 Å². The Bertz CT molecular complexity index is 784. The molecule has 0 aliphatic carbocycles. The second-order valence-electron chi connectivity index (χ2n) is 6.86. The van der Waals surface area contributed by atoms with Gasteiger partial charge in [0.2, 0.25) is 0 Å². The molecule has 0 saturated carbocycles. The molecular formula is C21H21Cl2NO2. The van der Waals surface area contributed by atoms with Crippen LogP contribution in [0.2, 0.25) is 10.0 Å². The highest BCUT2D eigenvalue weighted by Gasteiger charge is 2.28. The first kappa shape index (κ1) is 18.9. The van der Waals surface area contributed by atoms with Crippen molar-refractivity contribution in [3.05, 3.63) is 68.7 Å². The number of carbonyl (C=O) groups is 2. The molecule has 1 amide bonds. The SMILES string of the molecule is Cc1ccc(C(=O)N2CCC(C(=O)c3ccc(Cl)c(Cl)c3)CC2)cc1C. The minimum absolute atomic E-state index is 0.0357. The summed E-state index contributed by atoms with van der Waals surface area (Å²) in [4.78, 5) is 27.2. The number of aryl methyl sites for hydroxylation is 2. The van der Waals surface area contributed by atoms with Crippen molar-refractivity contribution in [2.75, 3.05) is 13.1 Å². The van der Waals surface area contributed by atoms with E-state index in [9.17, 15) is 9.59 Å². The normalized spacial score (nSPS) is 15.2. The fourth-order valence-corrected chi connectivity index (χ4v) is 3.58. The molecule has 1 fully saturated rings. The van der Waals surface area contributed by atoms with Gasteiger partial charge in [-0.1, -0.05) is 29.3 Å². The summed E-state index contributed by atoms with van der Waals surface area (Å²) < 4.78 is 0. The zero-order chi connectivity index (χ0) is 18.8. The molecule has 1 heterocycles. The molecule has 1 aliphatic rings. The standard InChI is InChI=1S/C21H21Cl2NO2/c1-13-3-4-17(11-14(13)2)21(26)24-9-7-15(8-10-24)20(25)16-5-6-18(22)19(23)12-16/h3-6,11-12,15H,7-10H2,1-2H3. The van der Waals surface area contributed by atoms with Gasteiger partial charge < -0.3 is 4.90 Å². The molecule has 2 aromatic carbocycles. The van der Waals surface area contributed by atoms with Gasteiger partial charge in [-0.15, -0.1) is 0 Å². The van der Waals surface area contributed by atoms with Gasteiger partial charge in [-0.25, -0.2) is 0 Å². The van der Waals surface area contributed by atoms with E-state index in [1.54, 1.807) is 18.2 Å². The van der Waals surface area contributed by atoms with Crippen LogP contribution in [0.15, 0.2) is 36.4 Å². The van der Waals surface area contributed by atoms with E-state index in [0.717, 1.165) is 5.56 Å². The number of piperidine rings is 1. The number of Topliss-reactive ketones (excluding diaryl/α,β-unsaturated/α-hetero) is 1. The lowest BCUT2D eigenvalue weighted by molar-refractivity contribution is 0.0650. The van der Waals surface area contributed by atoms with Crippen LogP contribution >= 0.6 is 23.2 Å². The Labute approximate surface area is 163 Å². The smallest absolute Gasteiger partial charge is 0.253 e. The van der Waals surface area contributed by atoms with Gasteiger partial charge in [0, 0.05) is 30.1 Å². The van der Waals surface area contributed by atoms with Gasteiger partial charge in [-0.3, -0.25) is 9.59 Å². The number of hydrogen-bond donors (Lipinski definition) is 0. The number of nitrogens with zero attached hydrogens (tertiary/aromatic N) is 1. The molecule has 3 nitrogen and oxygen atoms in total. The predicted octanol–water partition coefficient (Wildman–Crippen LogP) is 5.35. The monoisotopic (exact) mass is 389 g/mol. The average molecular weight is 390 g/mol. The first-order valence-corrected chi connectivity index (χ1v) is 9.48. The Morgan fingerprint density at radius 3 is 2.15 bits per heavy atom. The van der Waals surface area contributed by atoms with Crippen LogP contribution in [-0.4, -0.2) is 29.7 Å². The lowest BCUT2D eigenvalue weighted by Crippen LogP contribution is -2.40. The second kappa shape index (κ2) is 7.81. The highest BCUT2D eigenvalue weighted by molar-refractivity contribution is 6.42. The molecule has 0 radical (unpaired) electrons. The third-order valence-corrected chi connectivity index (χ3v) is 5.85. The zero-order valence-corrected chi connectivity index (χ0v) is 16.4. The molecule has 0 aromatic heterocycles. The quantitative estimate of drug-likeness (QED) is 0.663. The van der Waals surface area contributed by atoms with Crippen LogP contribution in [0.1, 0.15) is 44.7 Å². The number of benzene rings is 2. The van der Waals surface area contributed by atoms with Gasteiger partial charge >= 0.3 is 0 Å². The lowest BCUT2D eigenvalue weighted by Gasteiger charge is -2.31. The summed E-state index contributed by atoms with van der Waals surface area (Å²) in [5.41, 5.74) is 3.58. The van der Waals surface area contributed by atoms with Crippen LogP contribution in [0.3, 0.4) is 0 Å². The fraction of sp³-hybridized carbons (Fsp3) is 0.333.